The Bertz CT molecular complexity index is 1190. The van der Waals surface area contributed by atoms with Gasteiger partial charge >= 0.3 is 0 Å². The van der Waals surface area contributed by atoms with Gasteiger partial charge in [0, 0.05) is 60.7 Å². The molecule has 2 bridgehead atoms. The highest BCUT2D eigenvalue weighted by Crippen LogP contribution is 2.50. The fourth-order valence-electron chi connectivity index (χ4n) is 6.52. The molecule has 2 N–H and O–H groups in total. The van der Waals surface area contributed by atoms with Gasteiger partial charge in [0.2, 0.25) is 11.8 Å². The minimum Gasteiger partial charge on any atom is -0.396 e. The van der Waals surface area contributed by atoms with Crippen LogP contribution in [0, 0.1) is 23.7 Å². The second kappa shape index (κ2) is 8.90. The molecule has 2 aliphatic heterocycles. The van der Waals surface area contributed by atoms with Crippen LogP contribution in [-0.4, -0.2) is 50.6 Å². The van der Waals surface area contributed by atoms with Crippen molar-refractivity contribution in [1.29, 1.82) is 0 Å². The van der Waals surface area contributed by atoms with Gasteiger partial charge in [-0.05, 0) is 49.8 Å². The minimum atomic E-state index is -0.577. The van der Waals surface area contributed by atoms with Gasteiger partial charge in [-0.2, -0.15) is 0 Å². The van der Waals surface area contributed by atoms with Crippen molar-refractivity contribution < 1.29 is 14.7 Å². The number of aromatic nitrogens is 2. The molecule has 4 atom stereocenters. The highest BCUT2D eigenvalue weighted by atomic mass is 16.3. The molecule has 4 aliphatic rings. The van der Waals surface area contributed by atoms with Gasteiger partial charge in [-0.1, -0.05) is 18.9 Å². The summed E-state index contributed by atoms with van der Waals surface area (Å²) in [5.41, 5.74) is 1.83. The number of aliphatic hydroxyl groups is 1. The number of carbonyl (C=O) groups excluding carboxylic acids is 2. The Kier molecular flexibility index (Phi) is 5.71. The van der Waals surface area contributed by atoms with E-state index in [0.29, 0.717) is 23.7 Å². The van der Waals surface area contributed by atoms with Crippen molar-refractivity contribution in [2.45, 2.75) is 57.2 Å². The number of aliphatic hydroxyl groups excluding tert-OH is 1. The molecule has 0 unspecified atom stereocenters. The first-order chi connectivity index (χ1) is 17.1. The molecule has 2 amide bonds. The maximum atomic E-state index is 13.8. The van der Waals surface area contributed by atoms with Crippen molar-refractivity contribution in [2.24, 2.45) is 23.7 Å². The maximum absolute atomic E-state index is 13.8. The van der Waals surface area contributed by atoms with Crippen LogP contribution in [0.15, 0.2) is 41.5 Å². The molecule has 184 valence electrons. The van der Waals surface area contributed by atoms with Gasteiger partial charge in [0.25, 0.3) is 5.56 Å². The lowest BCUT2D eigenvalue weighted by atomic mass is 9.86. The summed E-state index contributed by atoms with van der Waals surface area (Å²) in [6.07, 6.45) is 9.40. The Morgan fingerprint density at radius 3 is 2.60 bits per heavy atom. The molecule has 8 nitrogen and oxygen atoms in total. The number of rotatable bonds is 6. The number of hydrogen-bond donors (Lipinski definition) is 2. The van der Waals surface area contributed by atoms with E-state index in [4.69, 9.17) is 0 Å². The first-order valence-electron chi connectivity index (χ1n) is 12.9. The number of nitrogens with zero attached hydrogens (tertiary/aromatic N) is 3. The monoisotopic (exact) mass is 476 g/mol. The maximum Gasteiger partial charge on any atom is 0.258 e. The number of nitrogens with one attached hydrogen (secondary N) is 1. The summed E-state index contributed by atoms with van der Waals surface area (Å²) in [7, 11) is 0. The quantitative estimate of drug-likeness (QED) is 0.665. The third-order valence-electron chi connectivity index (χ3n) is 8.54. The van der Waals surface area contributed by atoms with E-state index < -0.39 is 17.9 Å². The van der Waals surface area contributed by atoms with Gasteiger partial charge in [-0.25, -0.2) is 0 Å². The highest BCUT2D eigenvalue weighted by Gasteiger charge is 2.58. The van der Waals surface area contributed by atoms with E-state index in [1.165, 1.54) is 0 Å². The zero-order chi connectivity index (χ0) is 24.1. The third-order valence-corrected chi connectivity index (χ3v) is 8.54. The van der Waals surface area contributed by atoms with Gasteiger partial charge in [0.15, 0.2) is 0 Å². The molecule has 6 rings (SSSR count). The van der Waals surface area contributed by atoms with Crippen LogP contribution in [0.5, 0.6) is 0 Å². The van der Waals surface area contributed by atoms with E-state index in [2.05, 4.69) is 10.3 Å². The standard InChI is InChI=1S/C27H32N4O4/c32-15-20-22-14-30-21(10-9-19(27(30)35)18-6-3-11-28-13-18)24(23(20)25(33)29-12-16-7-8-16)31(22)26(34)17-4-1-2-5-17/h3,6,9-11,13,16-17,20,22-24,32H,1-2,4-5,7-8,12,14-15H2,(H,29,33)/t20-,22-,23+,24+/m0/s1. The van der Waals surface area contributed by atoms with Crippen LogP contribution in [0.2, 0.25) is 0 Å². The third kappa shape index (κ3) is 3.78. The second-order valence-electron chi connectivity index (χ2n) is 10.6. The first-order valence-corrected chi connectivity index (χ1v) is 12.9. The van der Waals surface area contributed by atoms with Gasteiger partial charge in [-0.3, -0.25) is 19.4 Å². The SMILES string of the molecule is O=C(NCC1CC1)[C@@H]1[C@@H](CO)[C@@H]2Cn3c(ccc(-c4cccnc4)c3=O)[C@H]1N2C(=O)C1CCCC1. The highest BCUT2D eigenvalue weighted by molar-refractivity contribution is 5.85. The predicted octanol–water partition coefficient (Wildman–Crippen LogP) is 2.12. The first kappa shape index (κ1) is 22.5. The van der Waals surface area contributed by atoms with Gasteiger partial charge < -0.3 is 19.9 Å². The summed E-state index contributed by atoms with van der Waals surface area (Å²) in [6.45, 7) is 0.721. The molecule has 2 saturated carbocycles. The Labute approximate surface area is 204 Å². The summed E-state index contributed by atoms with van der Waals surface area (Å²) in [6, 6.07) is 6.40. The average Bonchev–Trinajstić information content (AvgIpc) is 3.48. The van der Waals surface area contributed by atoms with Crippen molar-refractivity contribution in [3.8, 4) is 11.1 Å². The molecule has 0 spiro atoms. The number of carbonyl (C=O) groups is 2. The average molecular weight is 477 g/mol. The molecule has 1 saturated heterocycles. The minimum absolute atomic E-state index is 0.0412. The molecular formula is C27H32N4O4. The Morgan fingerprint density at radius 2 is 1.91 bits per heavy atom. The summed E-state index contributed by atoms with van der Waals surface area (Å²) < 4.78 is 1.73. The zero-order valence-electron chi connectivity index (χ0n) is 19.8. The Morgan fingerprint density at radius 1 is 1.11 bits per heavy atom. The van der Waals surface area contributed by atoms with E-state index in [-0.39, 0.29) is 42.5 Å². The van der Waals surface area contributed by atoms with Crippen LogP contribution < -0.4 is 10.9 Å². The van der Waals surface area contributed by atoms with Crippen LogP contribution in [0.1, 0.15) is 50.3 Å². The van der Waals surface area contributed by atoms with E-state index in [1.54, 1.807) is 29.1 Å². The lowest BCUT2D eigenvalue weighted by Crippen LogP contribution is -2.50. The molecule has 4 heterocycles. The van der Waals surface area contributed by atoms with Crippen LogP contribution in [0.25, 0.3) is 11.1 Å². The van der Waals surface area contributed by atoms with Crippen LogP contribution in [0.3, 0.4) is 0 Å². The van der Waals surface area contributed by atoms with Gasteiger partial charge in [0.05, 0.1) is 18.0 Å². The van der Waals surface area contributed by atoms with Crippen LogP contribution in [0.4, 0.5) is 0 Å². The molecular weight excluding hydrogens is 444 g/mol. The van der Waals surface area contributed by atoms with Crippen LogP contribution in [-0.2, 0) is 16.1 Å². The number of fused-ring (bicyclic) bond motifs is 4. The van der Waals surface area contributed by atoms with Crippen molar-refractivity contribution in [2.75, 3.05) is 13.2 Å². The summed E-state index contributed by atoms with van der Waals surface area (Å²) in [5, 5.41) is 13.5. The largest absolute Gasteiger partial charge is 0.396 e. The molecule has 2 aromatic rings. The Hall–Kier alpha value is -3.00. The fraction of sp³-hybridized carbons (Fsp3) is 0.556. The molecule has 35 heavy (non-hydrogen) atoms. The molecule has 2 aromatic heterocycles. The summed E-state index contributed by atoms with van der Waals surface area (Å²) >= 11 is 0. The van der Waals surface area contributed by atoms with Crippen molar-refractivity contribution in [3.05, 3.63) is 52.7 Å². The number of amides is 2. The molecule has 3 fully saturated rings. The fourth-order valence-corrected chi connectivity index (χ4v) is 6.52. The van der Waals surface area contributed by atoms with E-state index in [1.807, 2.05) is 17.0 Å². The lowest BCUT2D eigenvalue weighted by Gasteiger charge is -2.39. The normalized spacial score (nSPS) is 27.6. The smallest absolute Gasteiger partial charge is 0.258 e. The Balaban J connectivity index is 1.43. The summed E-state index contributed by atoms with van der Waals surface area (Å²) in [4.78, 5) is 46.9. The van der Waals surface area contributed by atoms with Crippen molar-refractivity contribution >= 4 is 11.8 Å². The molecule has 2 aliphatic carbocycles. The van der Waals surface area contributed by atoms with E-state index >= 15 is 0 Å². The van der Waals surface area contributed by atoms with Crippen molar-refractivity contribution in [1.82, 2.24) is 19.8 Å². The lowest BCUT2D eigenvalue weighted by molar-refractivity contribution is -0.141. The van der Waals surface area contributed by atoms with Gasteiger partial charge in [0.1, 0.15) is 0 Å². The topological polar surface area (TPSA) is 105 Å². The molecule has 0 aromatic carbocycles. The molecule has 0 radical (unpaired) electrons. The van der Waals surface area contributed by atoms with E-state index in [0.717, 1.165) is 44.1 Å². The van der Waals surface area contributed by atoms with Gasteiger partial charge in [-0.15, -0.1) is 0 Å². The molecule has 8 heteroatoms. The second-order valence-corrected chi connectivity index (χ2v) is 10.6. The number of hydrogen-bond acceptors (Lipinski definition) is 5. The van der Waals surface area contributed by atoms with E-state index in [9.17, 15) is 19.5 Å². The summed E-state index contributed by atoms with van der Waals surface area (Å²) in [5.74, 6) is -0.549. The zero-order valence-corrected chi connectivity index (χ0v) is 19.8. The van der Waals surface area contributed by atoms with Crippen molar-refractivity contribution in [3.63, 3.8) is 0 Å². The predicted molar refractivity (Wildman–Crippen MR) is 129 cm³/mol. The number of pyridine rings is 2. The van der Waals surface area contributed by atoms with Crippen LogP contribution >= 0.6 is 0 Å².